The van der Waals surface area contributed by atoms with Gasteiger partial charge in [0.2, 0.25) is 5.95 Å². The maximum Gasteiger partial charge on any atom is 0.225 e. The third-order valence-electron chi connectivity index (χ3n) is 4.20. The van der Waals surface area contributed by atoms with Crippen LogP contribution in [0, 0.1) is 11.3 Å². The molecule has 0 radical (unpaired) electrons. The fourth-order valence-corrected chi connectivity index (χ4v) is 3.38. The Labute approximate surface area is 166 Å². The molecular formula is C20H17N7S. The maximum absolute atomic E-state index is 8.98. The summed E-state index contributed by atoms with van der Waals surface area (Å²) in [5.41, 5.74) is 5.39. The summed E-state index contributed by atoms with van der Waals surface area (Å²) in [5, 5.41) is 15.5. The molecule has 3 heterocycles. The lowest BCUT2D eigenvalue weighted by molar-refractivity contribution is 0.744. The minimum absolute atomic E-state index is 0.445. The fourth-order valence-electron chi connectivity index (χ4n) is 2.79. The van der Waals surface area contributed by atoms with Crippen LogP contribution in [0.1, 0.15) is 16.8 Å². The second-order valence-electron chi connectivity index (χ2n) is 6.16. The average Bonchev–Trinajstić information content (AvgIpc) is 3.44. The van der Waals surface area contributed by atoms with Gasteiger partial charge in [-0.25, -0.2) is 19.6 Å². The first-order valence-electron chi connectivity index (χ1n) is 8.75. The molecule has 3 aromatic heterocycles. The zero-order valence-electron chi connectivity index (χ0n) is 15.0. The third-order valence-corrected chi connectivity index (χ3v) is 4.84. The zero-order chi connectivity index (χ0) is 19.2. The molecule has 0 aliphatic heterocycles. The number of rotatable bonds is 7. The summed E-state index contributed by atoms with van der Waals surface area (Å²) in [6.07, 6.45) is 7.75. The van der Waals surface area contributed by atoms with Crippen LogP contribution in [0.2, 0.25) is 0 Å². The van der Waals surface area contributed by atoms with Crippen molar-refractivity contribution in [2.45, 2.75) is 13.0 Å². The van der Waals surface area contributed by atoms with E-state index in [0.717, 1.165) is 23.4 Å². The molecule has 0 saturated carbocycles. The van der Waals surface area contributed by atoms with E-state index in [4.69, 9.17) is 5.26 Å². The summed E-state index contributed by atoms with van der Waals surface area (Å²) < 4.78 is 1.85. The summed E-state index contributed by atoms with van der Waals surface area (Å²) >= 11 is 1.59. The average molecular weight is 387 g/mol. The van der Waals surface area contributed by atoms with Gasteiger partial charge in [0, 0.05) is 36.7 Å². The van der Waals surface area contributed by atoms with Gasteiger partial charge in [-0.15, -0.1) is 11.3 Å². The van der Waals surface area contributed by atoms with Crippen LogP contribution < -0.4 is 4.90 Å². The highest BCUT2D eigenvalue weighted by atomic mass is 32.1. The lowest BCUT2D eigenvalue weighted by Crippen LogP contribution is -2.27. The summed E-state index contributed by atoms with van der Waals surface area (Å²) in [7, 11) is 0. The Morgan fingerprint density at radius 1 is 1.07 bits per heavy atom. The van der Waals surface area contributed by atoms with E-state index in [-0.39, 0.29) is 0 Å². The number of hydrogen-bond donors (Lipinski definition) is 0. The first-order valence-corrected chi connectivity index (χ1v) is 9.69. The molecule has 0 aliphatic rings. The number of anilines is 1. The highest BCUT2D eigenvalue weighted by Gasteiger charge is 2.13. The van der Waals surface area contributed by atoms with Crippen LogP contribution in [0.3, 0.4) is 0 Å². The van der Waals surface area contributed by atoms with Gasteiger partial charge in [-0.2, -0.15) is 10.4 Å². The van der Waals surface area contributed by atoms with E-state index in [2.05, 4.69) is 31.0 Å². The maximum atomic E-state index is 8.98. The number of benzene rings is 1. The number of hydrogen-bond acceptors (Lipinski definition) is 7. The Hall–Kier alpha value is -3.57. The standard InChI is InChI=1S/C20H17N7S/c21-8-16-9-22-20(23-10-16)26(7-6-18-14-28-15-24-18)12-17-11-25-27(13-17)19-4-2-1-3-5-19/h1-5,9-11,13-15H,6-7,12H2. The predicted molar refractivity (Wildman–Crippen MR) is 107 cm³/mol. The van der Waals surface area contributed by atoms with E-state index in [1.807, 2.05) is 58.3 Å². The molecule has 7 nitrogen and oxygen atoms in total. The first-order chi connectivity index (χ1) is 13.8. The molecule has 0 bridgehead atoms. The van der Waals surface area contributed by atoms with Crippen LogP contribution in [0.15, 0.2) is 66.0 Å². The molecule has 0 fully saturated rings. The molecule has 0 spiro atoms. The molecule has 28 heavy (non-hydrogen) atoms. The molecule has 4 rings (SSSR count). The molecule has 8 heteroatoms. The van der Waals surface area contributed by atoms with Gasteiger partial charge >= 0.3 is 0 Å². The Balaban J connectivity index is 1.54. The topological polar surface area (TPSA) is 83.5 Å². The SMILES string of the molecule is N#Cc1cnc(N(CCc2cscn2)Cc2cnn(-c3ccccc3)c2)nc1. The lowest BCUT2D eigenvalue weighted by Gasteiger charge is -2.21. The quantitative estimate of drug-likeness (QED) is 0.484. The number of para-hydroxylation sites is 1. The Morgan fingerprint density at radius 3 is 2.61 bits per heavy atom. The van der Waals surface area contributed by atoms with Gasteiger partial charge in [0.15, 0.2) is 0 Å². The Morgan fingerprint density at radius 2 is 1.89 bits per heavy atom. The minimum atomic E-state index is 0.445. The lowest BCUT2D eigenvalue weighted by atomic mass is 10.2. The molecule has 0 atom stereocenters. The molecular weight excluding hydrogens is 370 g/mol. The van der Waals surface area contributed by atoms with Crippen molar-refractivity contribution < 1.29 is 0 Å². The second kappa shape index (κ2) is 8.41. The van der Waals surface area contributed by atoms with Gasteiger partial charge in [-0.3, -0.25) is 0 Å². The van der Waals surface area contributed by atoms with Crippen LogP contribution in [0.25, 0.3) is 5.69 Å². The van der Waals surface area contributed by atoms with Crippen molar-refractivity contribution in [2.75, 3.05) is 11.4 Å². The highest BCUT2D eigenvalue weighted by Crippen LogP contribution is 2.15. The van der Waals surface area contributed by atoms with Crippen LogP contribution in [-0.4, -0.2) is 31.3 Å². The summed E-state index contributed by atoms with van der Waals surface area (Å²) in [5.74, 6) is 0.585. The van der Waals surface area contributed by atoms with E-state index in [0.29, 0.717) is 24.6 Å². The van der Waals surface area contributed by atoms with Crippen molar-refractivity contribution in [2.24, 2.45) is 0 Å². The Bertz CT molecular complexity index is 1050. The molecule has 0 saturated heterocycles. The van der Waals surface area contributed by atoms with Gasteiger partial charge in [0.05, 0.1) is 41.0 Å². The van der Waals surface area contributed by atoms with Gasteiger partial charge < -0.3 is 4.90 Å². The van der Waals surface area contributed by atoms with Gasteiger partial charge in [-0.1, -0.05) is 18.2 Å². The minimum Gasteiger partial charge on any atom is -0.336 e. The van der Waals surface area contributed by atoms with Gasteiger partial charge in [-0.05, 0) is 12.1 Å². The molecule has 1 aromatic carbocycles. The number of nitrogens with zero attached hydrogens (tertiary/aromatic N) is 7. The van der Waals surface area contributed by atoms with Crippen molar-refractivity contribution in [1.82, 2.24) is 24.7 Å². The highest BCUT2D eigenvalue weighted by molar-refractivity contribution is 7.07. The van der Waals surface area contributed by atoms with E-state index in [1.54, 1.807) is 23.7 Å². The largest absolute Gasteiger partial charge is 0.336 e. The zero-order valence-corrected chi connectivity index (χ0v) is 15.8. The van der Waals surface area contributed by atoms with Crippen LogP contribution in [0.4, 0.5) is 5.95 Å². The van der Waals surface area contributed by atoms with E-state index in [9.17, 15) is 0 Å². The second-order valence-corrected chi connectivity index (χ2v) is 6.88. The molecule has 138 valence electrons. The van der Waals surface area contributed by atoms with Crippen molar-refractivity contribution in [3.05, 3.63) is 82.8 Å². The van der Waals surface area contributed by atoms with E-state index >= 15 is 0 Å². The van der Waals surface area contributed by atoms with Gasteiger partial charge in [0.25, 0.3) is 0 Å². The molecule has 0 unspecified atom stereocenters. The summed E-state index contributed by atoms with van der Waals surface area (Å²) in [4.78, 5) is 15.1. The smallest absolute Gasteiger partial charge is 0.225 e. The van der Waals surface area contributed by atoms with Crippen molar-refractivity contribution in [3.8, 4) is 11.8 Å². The molecule has 0 aliphatic carbocycles. The molecule has 0 N–H and O–H groups in total. The molecule has 0 amide bonds. The van der Waals surface area contributed by atoms with Gasteiger partial charge in [0.1, 0.15) is 6.07 Å². The monoisotopic (exact) mass is 387 g/mol. The summed E-state index contributed by atoms with van der Waals surface area (Å²) in [6.45, 7) is 1.33. The van der Waals surface area contributed by atoms with Crippen molar-refractivity contribution in [1.29, 1.82) is 5.26 Å². The first kappa shape index (κ1) is 17.8. The predicted octanol–water partition coefficient (Wildman–Crippen LogP) is 3.24. The number of thiazole rings is 1. The van der Waals surface area contributed by atoms with E-state index < -0.39 is 0 Å². The van der Waals surface area contributed by atoms with Crippen LogP contribution in [0.5, 0.6) is 0 Å². The molecule has 4 aromatic rings. The van der Waals surface area contributed by atoms with Crippen LogP contribution >= 0.6 is 11.3 Å². The fraction of sp³-hybridized carbons (Fsp3) is 0.150. The van der Waals surface area contributed by atoms with Crippen LogP contribution in [-0.2, 0) is 13.0 Å². The number of nitriles is 1. The third kappa shape index (κ3) is 4.22. The Kier molecular flexibility index (Phi) is 5.36. The van der Waals surface area contributed by atoms with E-state index in [1.165, 1.54) is 0 Å². The van der Waals surface area contributed by atoms with Crippen molar-refractivity contribution >= 4 is 17.3 Å². The number of aromatic nitrogens is 5. The van der Waals surface area contributed by atoms with Crippen molar-refractivity contribution in [3.63, 3.8) is 0 Å². The summed E-state index contributed by atoms with van der Waals surface area (Å²) in [6, 6.07) is 12.0. The normalized spacial score (nSPS) is 10.5.